The topological polar surface area (TPSA) is 40.5 Å². The molecular weight excluding hydrogens is 286 g/mol. The van der Waals surface area contributed by atoms with Crippen LogP contribution in [0.4, 0.5) is 0 Å². The molecule has 2 N–H and O–H groups in total. The molecule has 0 saturated carbocycles. The monoisotopic (exact) mass is 287 g/mol. The average Bonchev–Trinajstić information content (AvgIpc) is 0.918. The Kier molecular flexibility index (Phi) is 19.9. The van der Waals surface area contributed by atoms with Crippen LogP contribution >= 0.6 is 0 Å². The van der Waals surface area contributed by atoms with E-state index < -0.39 is 0 Å². The molecule has 0 spiro atoms. The van der Waals surface area contributed by atoms with Gasteiger partial charge in [-0.2, -0.15) is 0 Å². The van der Waals surface area contributed by atoms with Gasteiger partial charge in [-0.1, -0.05) is 0 Å². The van der Waals surface area contributed by atoms with Crippen LogP contribution in [0.3, 0.4) is 0 Å². The largest absolute Gasteiger partial charge is 0 e. The van der Waals surface area contributed by atoms with Crippen LogP contribution in [0.5, 0.6) is 0 Å². The summed E-state index contributed by atoms with van der Waals surface area (Å²) in [5, 5.41) is 0. The van der Waals surface area contributed by atoms with Gasteiger partial charge < -0.3 is 0 Å². The van der Waals surface area contributed by atoms with Crippen molar-refractivity contribution in [3.63, 3.8) is 0 Å². The summed E-state index contributed by atoms with van der Waals surface area (Å²) in [6.07, 6.45) is 0. The van der Waals surface area contributed by atoms with E-state index in [9.17, 15) is 0 Å². The molecule has 0 aromatic carbocycles. The van der Waals surface area contributed by atoms with Gasteiger partial charge in [0.05, 0.1) is 0 Å². The first kappa shape index (κ1) is 8.92. The first-order valence-corrected chi connectivity index (χ1v) is 1.17. The van der Waals surface area contributed by atoms with Gasteiger partial charge in [0.1, 0.15) is 0 Å². The van der Waals surface area contributed by atoms with Crippen molar-refractivity contribution in [1.29, 1.82) is 0 Å². The predicted molar refractivity (Wildman–Crippen MR) is 4.44 cm³/mol. The number of hydrogen-bond donors (Lipinski definition) is 2. The van der Waals surface area contributed by atoms with Crippen LogP contribution in [0.15, 0.2) is 0 Å². The molecule has 0 aromatic heterocycles. The van der Waals surface area contributed by atoms with Crippen LogP contribution in [-0.2, 0) is 36.1 Å². The number of hydrogen-bond acceptors (Lipinski definition) is 2. The molecule has 0 bridgehead atoms. The molecule has 0 rings (SSSR count). The molecule has 0 aromatic rings. The second-order valence-corrected chi connectivity index (χ2v) is 0.261. The zero-order valence-electron chi connectivity index (χ0n) is 1.53. The summed E-state index contributed by atoms with van der Waals surface area (Å²) in [4.78, 5) is 0. The fourth-order valence-electron chi connectivity index (χ4n) is 0. The minimum Gasteiger partial charge on any atom is 0 e. The summed E-state index contributed by atoms with van der Waals surface area (Å²) in [7, 11) is 0. The van der Waals surface area contributed by atoms with E-state index >= 15 is 0 Å². The molecule has 0 aliphatic rings. The fraction of sp³-hybridized carbons (Fsp3) is 0. The summed E-state index contributed by atoms with van der Waals surface area (Å²) in [5.41, 5.74) is 0. The molecule has 34 valence electrons. The quantitative estimate of drug-likeness (QED) is 0.554. The van der Waals surface area contributed by atoms with E-state index in [1.807, 2.05) is 0 Å². The molecule has 0 amide bonds. The fourth-order valence-corrected chi connectivity index (χ4v) is 0. The second kappa shape index (κ2) is 8.93. The standard InChI is InChI=1S/Ni.2H2O.Pt/h;2*1H2;/q+2;;;/p-2. The van der Waals surface area contributed by atoms with Crippen molar-refractivity contribution in [2.24, 2.45) is 0 Å². The van der Waals surface area contributed by atoms with Crippen LogP contribution in [0.2, 0.25) is 0 Å². The van der Waals surface area contributed by atoms with Crippen molar-refractivity contribution in [3.8, 4) is 0 Å². The van der Waals surface area contributed by atoms with Gasteiger partial charge >= 0.3 is 23.6 Å². The minimum absolute atomic E-state index is 0. The molecule has 0 heterocycles. The summed E-state index contributed by atoms with van der Waals surface area (Å²) in [6.45, 7) is 0. The van der Waals surface area contributed by atoms with Gasteiger partial charge in [0, 0.05) is 21.1 Å². The minimum atomic E-state index is -0.375. The molecule has 4 heteroatoms. The third-order valence-corrected chi connectivity index (χ3v) is 0. The Hall–Kier alpha value is 1.10. The summed E-state index contributed by atoms with van der Waals surface area (Å²) in [5.74, 6) is 0. The molecule has 0 unspecified atom stereocenters. The van der Waals surface area contributed by atoms with Gasteiger partial charge in [0.2, 0.25) is 0 Å². The van der Waals surface area contributed by atoms with Gasteiger partial charge in [-0.3, -0.25) is 0 Å². The van der Waals surface area contributed by atoms with Gasteiger partial charge in [0.15, 0.2) is 0 Å². The first-order valence-electron chi connectivity index (χ1n) is 0.283. The maximum atomic E-state index is 7.06. The molecule has 0 aliphatic carbocycles. The van der Waals surface area contributed by atoms with E-state index in [0.29, 0.717) is 0 Å². The number of rotatable bonds is 0. The van der Waals surface area contributed by atoms with Crippen molar-refractivity contribution < 1.29 is 44.6 Å². The van der Waals surface area contributed by atoms with Crippen molar-refractivity contribution in [2.45, 2.75) is 0 Å². The van der Waals surface area contributed by atoms with E-state index in [4.69, 9.17) is 8.50 Å². The maximum absolute atomic E-state index is 7.06. The average molecular weight is 288 g/mol. The van der Waals surface area contributed by atoms with Crippen LogP contribution in [0.25, 0.3) is 0 Å². The Balaban J connectivity index is 0. The van der Waals surface area contributed by atoms with E-state index in [1.54, 1.807) is 0 Å². The third-order valence-electron chi connectivity index (χ3n) is 0. The normalized spacial score (nSPS) is 5.50. The molecule has 2 nitrogen and oxygen atoms in total. The molecule has 0 atom stereocenters. The summed E-state index contributed by atoms with van der Waals surface area (Å²) >= 11 is -0.375. The summed E-state index contributed by atoms with van der Waals surface area (Å²) < 4.78 is 14.1. The zero-order chi connectivity index (χ0) is 2.71. The zero-order valence-corrected chi connectivity index (χ0v) is 4.79. The summed E-state index contributed by atoms with van der Waals surface area (Å²) in [6, 6.07) is 0. The second-order valence-electron chi connectivity index (χ2n) is 0.0632. The van der Waals surface area contributed by atoms with Crippen molar-refractivity contribution in [2.75, 3.05) is 0 Å². The van der Waals surface area contributed by atoms with Gasteiger partial charge in [-0.05, 0) is 0 Å². The van der Waals surface area contributed by atoms with Crippen molar-refractivity contribution in [3.05, 3.63) is 0 Å². The maximum Gasteiger partial charge on any atom is 0 e. The predicted octanol–water partition coefficient (Wildman–Crippen LogP) is -1.12. The SMILES string of the molecule is [OH][Ni][OH].[Pt]. The Morgan fingerprint density at radius 3 is 1.25 bits per heavy atom. The molecule has 0 aliphatic heterocycles. The van der Waals surface area contributed by atoms with Gasteiger partial charge in [-0.25, -0.2) is 0 Å². The molecule has 0 radical (unpaired) electrons. The first-order chi connectivity index (χ1) is 1.41. The Bertz CT molecular complexity index is 6.00. The van der Waals surface area contributed by atoms with Crippen LogP contribution in [0.1, 0.15) is 0 Å². The van der Waals surface area contributed by atoms with Crippen molar-refractivity contribution in [1.82, 2.24) is 0 Å². The van der Waals surface area contributed by atoms with E-state index in [0.717, 1.165) is 0 Å². The smallest absolute Gasteiger partial charge is 0 e. The Labute approximate surface area is 44.9 Å². The van der Waals surface area contributed by atoms with E-state index in [-0.39, 0.29) is 36.1 Å². The van der Waals surface area contributed by atoms with E-state index in [1.165, 1.54) is 0 Å². The van der Waals surface area contributed by atoms with Gasteiger partial charge in [-0.15, -0.1) is 0 Å². The van der Waals surface area contributed by atoms with Gasteiger partial charge in [0.25, 0.3) is 0 Å². The van der Waals surface area contributed by atoms with Crippen molar-refractivity contribution >= 4 is 0 Å². The third kappa shape index (κ3) is 11.3. The van der Waals surface area contributed by atoms with Crippen LogP contribution in [-0.4, -0.2) is 8.50 Å². The Morgan fingerprint density at radius 2 is 1.25 bits per heavy atom. The van der Waals surface area contributed by atoms with Crippen LogP contribution < -0.4 is 0 Å². The molecule has 0 saturated heterocycles. The Morgan fingerprint density at radius 1 is 1.25 bits per heavy atom. The van der Waals surface area contributed by atoms with E-state index in [2.05, 4.69) is 0 Å². The van der Waals surface area contributed by atoms with Crippen LogP contribution in [0, 0.1) is 0 Å². The molecule has 0 fully saturated rings. The molecular formula is H2NiO2Pt. The molecule has 4 heavy (non-hydrogen) atoms.